The van der Waals surface area contributed by atoms with Crippen LogP contribution >= 0.6 is 0 Å². The Kier molecular flexibility index (Phi) is 5.14. The lowest BCUT2D eigenvalue weighted by Gasteiger charge is -2.31. The summed E-state index contributed by atoms with van der Waals surface area (Å²) in [4.78, 5) is 15.3. The molecule has 22 heavy (non-hydrogen) atoms. The molecule has 3 heteroatoms. The third-order valence-corrected chi connectivity index (χ3v) is 5.23. The third-order valence-electron chi connectivity index (χ3n) is 5.23. The van der Waals surface area contributed by atoms with Gasteiger partial charge < -0.3 is 5.32 Å². The van der Waals surface area contributed by atoms with Crippen molar-refractivity contribution in [2.24, 2.45) is 5.92 Å². The van der Waals surface area contributed by atoms with E-state index in [-0.39, 0.29) is 11.9 Å². The van der Waals surface area contributed by atoms with Crippen molar-refractivity contribution >= 4 is 5.91 Å². The van der Waals surface area contributed by atoms with Crippen molar-refractivity contribution in [3.8, 4) is 0 Å². The Labute approximate surface area is 134 Å². The van der Waals surface area contributed by atoms with Crippen LogP contribution in [0.1, 0.15) is 57.1 Å². The van der Waals surface area contributed by atoms with E-state index >= 15 is 0 Å². The van der Waals surface area contributed by atoms with Crippen LogP contribution in [0.4, 0.5) is 0 Å². The summed E-state index contributed by atoms with van der Waals surface area (Å²) in [5.41, 5.74) is 1.13. The molecule has 1 aromatic carbocycles. The average molecular weight is 300 g/mol. The van der Waals surface area contributed by atoms with Crippen molar-refractivity contribution < 1.29 is 4.79 Å². The van der Waals surface area contributed by atoms with Gasteiger partial charge in [0, 0.05) is 6.04 Å². The van der Waals surface area contributed by atoms with E-state index in [9.17, 15) is 4.79 Å². The lowest BCUT2D eigenvalue weighted by molar-refractivity contribution is -0.127. The van der Waals surface area contributed by atoms with E-state index in [0.29, 0.717) is 6.04 Å². The van der Waals surface area contributed by atoms with Gasteiger partial charge in [-0.15, -0.1) is 0 Å². The number of nitrogens with one attached hydrogen (secondary N) is 1. The zero-order chi connectivity index (χ0) is 15.4. The highest BCUT2D eigenvalue weighted by Crippen LogP contribution is 2.27. The Morgan fingerprint density at radius 2 is 1.73 bits per heavy atom. The maximum atomic E-state index is 12.9. The monoisotopic (exact) mass is 300 g/mol. The maximum absolute atomic E-state index is 12.9. The van der Waals surface area contributed by atoms with E-state index in [1.165, 1.54) is 25.7 Å². The predicted molar refractivity (Wildman–Crippen MR) is 89.6 cm³/mol. The summed E-state index contributed by atoms with van der Waals surface area (Å²) >= 11 is 0. The van der Waals surface area contributed by atoms with E-state index in [1.54, 1.807) is 0 Å². The van der Waals surface area contributed by atoms with Crippen LogP contribution in [0.2, 0.25) is 0 Å². The molecule has 1 atom stereocenters. The molecule has 0 aromatic heterocycles. The van der Waals surface area contributed by atoms with Crippen molar-refractivity contribution in [2.75, 3.05) is 13.1 Å². The highest BCUT2D eigenvalue weighted by Gasteiger charge is 2.31. The zero-order valence-corrected chi connectivity index (χ0v) is 13.6. The smallest absolute Gasteiger partial charge is 0.242 e. The van der Waals surface area contributed by atoms with Gasteiger partial charge in [-0.1, -0.05) is 37.3 Å². The lowest BCUT2D eigenvalue weighted by Crippen LogP contribution is -2.44. The molecule has 1 aliphatic carbocycles. The first-order valence-corrected chi connectivity index (χ1v) is 8.83. The molecule has 0 spiro atoms. The van der Waals surface area contributed by atoms with Crippen molar-refractivity contribution in [2.45, 2.75) is 57.5 Å². The Hall–Kier alpha value is -1.35. The van der Waals surface area contributed by atoms with Crippen LogP contribution in [0, 0.1) is 5.92 Å². The van der Waals surface area contributed by atoms with Gasteiger partial charge in [0.1, 0.15) is 6.04 Å². The number of benzene rings is 1. The van der Waals surface area contributed by atoms with Gasteiger partial charge in [0.15, 0.2) is 0 Å². The largest absolute Gasteiger partial charge is 0.352 e. The van der Waals surface area contributed by atoms with Crippen LogP contribution in [-0.4, -0.2) is 29.9 Å². The number of hydrogen-bond donors (Lipinski definition) is 1. The normalized spacial score (nSPS) is 27.5. The summed E-state index contributed by atoms with van der Waals surface area (Å²) in [6, 6.07) is 10.5. The van der Waals surface area contributed by atoms with Crippen LogP contribution in [0.15, 0.2) is 30.3 Å². The topological polar surface area (TPSA) is 32.3 Å². The van der Waals surface area contributed by atoms with Gasteiger partial charge in [-0.2, -0.15) is 0 Å². The molecule has 1 N–H and O–H groups in total. The number of likely N-dealkylation sites (tertiary alicyclic amines) is 1. The summed E-state index contributed by atoms with van der Waals surface area (Å²) in [6.45, 7) is 4.39. The van der Waals surface area contributed by atoms with Gasteiger partial charge in [0.2, 0.25) is 5.91 Å². The highest BCUT2D eigenvalue weighted by molar-refractivity contribution is 5.83. The van der Waals surface area contributed by atoms with E-state index in [0.717, 1.165) is 37.4 Å². The standard InChI is InChI=1S/C19H28N2O/c1-15-9-11-17(12-10-15)20-19(22)18(21-13-5-6-14-21)16-7-3-2-4-8-16/h2-4,7-8,15,17-18H,5-6,9-14H2,1H3,(H,20,22). The second-order valence-corrected chi connectivity index (χ2v) is 7.02. The molecule has 1 saturated heterocycles. The average Bonchev–Trinajstić information content (AvgIpc) is 3.05. The van der Waals surface area contributed by atoms with Gasteiger partial charge in [-0.3, -0.25) is 9.69 Å². The second-order valence-electron chi connectivity index (χ2n) is 7.02. The SMILES string of the molecule is CC1CCC(NC(=O)C(c2ccccc2)N2CCCC2)CC1. The van der Waals surface area contributed by atoms with Crippen LogP contribution in [0.5, 0.6) is 0 Å². The molecule has 1 aliphatic heterocycles. The number of amides is 1. The van der Waals surface area contributed by atoms with Gasteiger partial charge in [0.25, 0.3) is 0 Å². The number of hydrogen-bond acceptors (Lipinski definition) is 2. The predicted octanol–water partition coefficient (Wildman–Crippen LogP) is 3.52. The summed E-state index contributed by atoms with van der Waals surface area (Å²) in [5.74, 6) is 1.02. The summed E-state index contributed by atoms with van der Waals surface area (Å²) in [6.07, 6.45) is 7.16. The number of nitrogens with zero attached hydrogens (tertiary/aromatic N) is 1. The fourth-order valence-electron chi connectivity index (χ4n) is 3.85. The summed E-state index contributed by atoms with van der Waals surface area (Å²) in [7, 11) is 0. The van der Waals surface area contributed by atoms with Crippen LogP contribution in [-0.2, 0) is 4.79 Å². The van der Waals surface area contributed by atoms with Crippen molar-refractivity contribution in [1.29, 1.82) is 0 Å². The quantitative estimate of drug-likeness (QED) is 0.923. The summed E-state index contributed by atoms with van der Waals surface area (Å²) in [5, 5.41) is 3.33. The zero-order valence-electron chi connectivity index (χ0n) is 13.6. The minimum absolute atomic E-state index is 0.108. The first kappa shape index (κ1) is 15.5. The van der Waals surface area contributed by atoms with Crippen molar-refractivity contribution in [1.82, 2.24) is 10.2 Å². The summed E-state index contributed by atoms with van der Waals surface area (Å²) < 4.78 is 0. The van der Waals surface area contributed by atoms with Gasteiger partial charge in [-0.25, -0.2) is 0 Å². The Bertz CT molecular complexity index is 473. The van der Waals surface area contributed by atoms with Crippen LogP contribution in [0.3, 0.4) is 0 Å². The molecule has 1 aromatic rings. The molecule has 1 amide bonds. The molecule has 3 rings (SSSR count). The number of rotatable bonds is 4. The minimum atomic E-state index is -0.108. The molecular formula is C19H28N2O. The van der Waals surface area contributed by atoms with Crippen molar-refractivity contribution in [3.05, 3.63) is 35.9 Å². The van der Waals surface area contributed by atoms with E-state index < -0.39 is 0 Å². The molecule has 2 aliphatic rings. The van der Waals surface area contributed by atoms with E-state index in [4.69, 9.17) is 0 Å². The molecule has 2 fully saturated rings. The Balaban J connectivity index is 1.69. The number of carbonyl (C=O) groups excluding carboxylic acids is 1. The molecule has 1 heterocycles. The second kappa shape index (κ2) is 7.28. The molecule has 0 bridgehead atoms. The first-order valence-electron chi connectivity index (χ1n) is 8.83. The third kappa shape index (κ3) is 3.70. The van der Waals surface area contributed by atoms with Gasteiger partial charge >= 0.3 is 0 Å². The molecular weight excluding hydrogens is 272 g/mol. The molecule has 120 valence electrons. The van der Waals surface area contributed by atoms with Gasteiger partial charge in [-0.05, 0) is 63.1 Å². The molecule has 3 nitrogen and oxygen atoms in total. The Morgan fingerprint density at radius 3 is 2.36 bits per heavy atom. The molecule has 1 unspecified atom stereocenters. The maximum Gasteiger partial charge on any atom is 0.242 e. The molecule has 0 radical (unpaired) electrons. The minimum Gasteiger partial charge on any atom is -0.352 e. The lowest BCUT2D eigenvalue weighted by atomic mass is 9.87. The van der Waals surface area contributed by atoms with Crippen molar-refractivity contribution in [3.63, 3.8) is 0 Å². The fraction of sp³-hybridized carbons (Fsp3) is 0.632. The van der Waals surface area contributed by atoms with Gasteiger partial charge in [0.05, 0.1) is 0 Å². The van der Waals surface area contributed by atoms with E-state index in [2.05, 4.69) is 29.3 Å². The van der Waals surface area contributed by atoms with Crippen LogP contribution < -0.4 is 5.32 Å². The van der Waals surface area contributed by atoms with E-state index in [1.807, 2.05) is 18.2 Å². The fourth-order valence-corrected chi connectivity index (χ4v) is 3.85. The Morgan fingerprint density at radius 1 is 1.09 bits per heavy atom. The number of carbonyl (C=O) groups is 1. The highest BCUT2D eigenvalue weighted by atomic mass is 16.2. The van der Waals surface area contributed by atoms with Crippen LogP contribution in [0.25, 0.3) is 0 Å². The first-order chi connectivity index (χ1) is 10.7. The molecule has 1 saturated carbocycles.